The molecule has 8 aromatic carbocycles. The van der Waals surface area contributed by atoms with Crippen LogP contribution in [-0.4, -0.2) is 9.97 Å². The van der Waals surface area contributed by atoms with E-state index in [9.17, 15) is 0 Å². The monoisotopic (exact) mass is 768 g/mol. The summed E-state index contributed by atoms with van der Waals surface area (Å²) < 4.78 is 0. The van der Waals surface area contributed by atoms with Gasteiger partial charge in [0.2, 0.25) is 0 Å². The fourth-order valence-corrected chi connectivity index (χ4v) is 12.7. The molecule has 0 radical (unpaired) electrons. The van der Waals surface area contributed by atoms with Crippen LogP contribution in [0.5, 0.6) is 0 Å². The zero-order valence-electron chi connectivity index (χ0n) is 33.6. The van der Waals surface area contributed by atoms with E-state index in [2.05, 4.69) is 176 Å². The summed E-state index contributed by atoms with van der Waals surface area (Å²) in [5, 5.41) is 5.17. The zero-order valence-corrected chi connectivity index (χ0v) is 33.6. The quantitative estimate of drug-likeness (QED) is 0.174. The Morgan fingerprint density at radius 3 is 1.62 bits per heavy atom. The van der Waals surface area contributed by atoms with Crippen LogP contribution in [0.25, 0.3) is 88.8 Å². The summed E-state index contributed by atoms with van der Waals surface area (Å²) in [6.07, 6.45) is 7.03. The van der Waals surface area contributed by atoms with Gasteiger partial charge in [0.15, 0.2) is 5.82 Å². The van der Waals surface area contributed by atoms with E-state index in [0.29, 0.717) is 0 Å². The number of benzene rings is 8. The molecule has 1 heterocycles. The van der Waals surface area contributed by atoms with Gasteiger partial charge in [0.1, 0.15) is 0 Å². The fraction of sp³-hybridized carbons (Fsp3) is 0.172. The predicted molar refractivity (Wildman–Crippen MR) is 247 cm³/mol. The van der Waals surface area contributed by atoms with Gasteiger partial charge in [0, 0.05) is 22.1 Å². The van der Waals surface area contributed by atoms with E-state index in [0.717, 1.165) is 57.6 Å². The van der Waals surface area contributed by atoms with Crippen LogP contribution in [0.1, 0.15) is 43.2 Å². The minimum atomic E-state index is 0.127. The van der Waals surface area contributed by atoms with Crippen LogP contribution in [0, 0.1) is 23.7 Å². The molecule has 0 amide bonds. The number of hydrogen-bond donors (Lipinski definition) is 0. The first kappa shape index (κ1) is 34.2. The molecular formula is C58H44N2. The number of hydrogen-bond acceptors (Lipinski definition) is 2. The van der Waals surface area contributed by atoms with Crippen molar-refractivity contribution >= 4 is 21.5 Å². The van der Waals surface area contributed by atoms with Crippen molar-refractivity contribution in [2.45, 2.75) is 37.5 Å². The molecule has 4 bridgehead atoms. The summed E-state index contributed by atoms with van der Waals surface area (Å²) in [5.74, 6) is 4.04. The van der Waals surface area contributed by atoms with E-state index in [1.54, 1.807) is 11.1 Å². The van der Waals surface area contributed by atoms with Crippen molar-refractivity contribution in [3.63, 3.8) is 0 Å². The van der Waals surface area contributed by atoms with Crippen molar-refractivity contribution in [1.82, 2.24) is 9.97 Å². The third-order valence-corrected chi connectivity index (χ3v) is 15.0. The van der Waals surface area contributed by atoms with E-state index in [4.69, 9.17) is 9.97 Å². The molecule has 2 heteroatoms. The molecule has 0 atom stereocenters. The van der Waals surface area contributed by atoms with Crippen molar-refractivity contribution in [2.75, 3.05) is 0 Å². The second-order valence-electron chi connectivity index (χ2n) is 18.2. The maximum absolute atomic E-state index is 5.20. The van der Waals surface area contributed by atoms with Gasteiger partial charge in [0.25, 0.3) is 0 Å². The largest absolute Gasteiger partial charge is 0.228 e. The van der Waals surface area contributed by atoms with Gasteiger partial charge in [-0.25, -0.2) is 9.97 Å². The van der Waals surface area contributed by atoms with Gasteiger partial charge in [-0.15, -0.1) is 0 Å². The summed E-state index contributed by atoms with van der Waals surface area (Å²) >= 11 is 0. The van der Waals surface area contributed by atoms with Crippen LogP contribution in [0.3, 0.4) is 0 Å². The van der Waals surface area contributed by atoms with Crippen LogP contribution >= 0.6 is 0 Å². The summed E-state index contributed by atoms with van der Waals surface area (Å²) in [7, 11) is 0. The first-order chi connectivity index (χ1) is 29.7. The second-order valence-corrected chi connectivity index (χ2v) is 18.2. The first-order valence-electron chi connectivity index (χ1n) is 22.0. The third-order valence-electron chi connectivity index (χ3n) is 15.0. The lowest BCUT2D eigenvalue weighted by Crippen LogP contribution is -2.55. The van der Waals surface area contributed by atoms with E-state index in [-0.39, 0.29) is 5.41 Å². The highest BCUT2D eigenvalue weighted by Gasteiger charge is 2.61. The smallest absolute Gasteiger partial charge is 0.160 e. The van der Waals surface area contributed by atoms with Crippen molar-refractivity contribution < 1.29 is 0 Å². The molecule has 5 aliphatic carbocycles. The van der Waals surface area contributed by atoms with Crippen molar-refractivity contribution in [3.8, 4) is 67.3 Å². The van der Waals surface area contributed by atoms with Gasteiger partial charge < -0.3 is 0 Å². The molecule has 5 aliphatic rings. The van der Waals surface area contributed by atoms with Crippen molar-refractivity contribution in [3.05, 3.63) is 193 Å². The van der Waals surface area contributed by atoms with E-state index in [1.165, 1.54) is 87.0 Å². The molecule has 0 saturated heterocycles. The molecular weight excluding hydrogens is 725 g/mol. The van der Waals surface area contributed by atoms with Gasteiger partial charge in [-0.05, 0) is 158 Å². The summed E-state index contributed by atoms with van der Waals surface area (Å²) in [6, 6.07) is 67.2. The molecule has 0 aliphatic heterocycles. The second kappa shape index (κ2) is 13.2. The average molecular weight is 769 g/mol. The predicted octanol–water partition coefficient (Wildman–Crippen LogP) is 14.8. The topological polar surface area (TPSA) is 25.8 Å². The lowest BCUT2D eigenvalue weighted by molar-refractivity contribution is -0.0398. The highest BCUT2D eigenvalue weighted by atomic mass is 14.9. The summed E-state index contributed by atoms with van der Waals surface area (Å²) in [6.45, 7) is 0. The van der Waals surface area contributed by atoms with E-state index < -0.39 is 0 Å². The molecule has 2 nitrogen and oxygen atoms in total. The normalized spacial score (nSPS) is 22.1. The molecule has 1 aromatic heterocycles. The molecule has 4 saturated carbocycles. The molecule has 9 aromatic rings. The fourth-order valence-electron chi connectivity index (χ4n) is 12.7. The number of fused-ring (bicyclic) bond motifs is 5. The van der Waals surface area contributed by atoms with Gasteiger partial charge in [0.05, 0.1) is 11.4 Å². The summed E-state index contributed by atoms with van der Waals surface area (Å²) in [5.41, 5.74) is 16.3. The van der Waals surface area contributed by atoms with Crippen molar-refractivity contribution in [1.29, 1.82) is 0 Å². The molecule has 0 N–H and O–H groups in total. The zero-order chi connectivity index (χ0) is 39.4. The van der Waals surface area contributed by atoms with E-state index in [1.807, 2.05) is 6.07 Å². The highest BCUT2D eigenvalue weighted by Crippen LogP contribution is 2.70. The first-order valence-corrected chi connectivity index (χ1v) is 22.0. The Hall–Kier alpha value is -6.64. The van der Waals surface area contributed by atoms with Gasteiger partial charge in [-0.2, -0.15) is 0 Å². The van der Waals surface area contributed by atoms with Crippen LogP contribution in [0.15, 0.2) is 182 Å². The standard InChI is InChI=1S/C58H44N2/c1-3-11-38(12-4-1)40-17-9-18-46(31-40)54-35-55(60-57(59-54)39-13-5-2-6-14-39)47-24-22-43-30-45(23-21-44(43)32-47)50-19-10-20-52-56(50)51-33-41-15-7-8-16-42(41)34-53(51)58(52)48-26-36-25-37(28-48)29-49(58)27-36/h1-24,30-37,48-49H,25-29H2. The van der Waals surface area contributed by atoms with Gasteiger partial charge in [-0.1, -0.05) is 146 Å². The van der Waals surface area contributed by atoms with Crippen LogP contribution in [0.4, 0.5) is 0 Å². The average Bonchev–Trinajstić information content (AvgIpc) is 3.59. The molecule has 0 unspecified atom stereocenters. The molecule has 4 fully saturated rings. The minimum absolute atomic E-state index is 0.127. The lowest BCUT2D eigenvalue weighted by atomic mass is 9.43. The highest BCUT2D eigenvalue weighted by molar-refractivity contribution is 6.01. The Balaban J connectivity index is 0.927. The molecule has 286 valence electrons. The Labute approximate surface area is 351 Å². The van der Waals surface area contributed by atoms with Gasteiger partial charge in [-0.3, -0.25) is 0 Å². The van der Waals surface area contributed by atoms with Crippen LogP contribution in [0.2, 0.25) is 0 Å². The van der Waals surface area contributed by atoms with Crippen LogP contribution in [-0.2, 0) is 5.41 Å². The molecule has 1 spiro atoms. The lowest BCUT2D eigenvalue weighted by Gasteiger charge is -2.61. The number of aromatic nitrogens is 2. The Bertz CT molecular complexity index is 3130. The minimum Gasteiger partial charge on any atom is -0.228 e. The van der Waals surface area contributed by atoms with Crippen molar-refractivity contribution in [2.24, 2.45) is 23.7 Å². The number of nitrogens with zero attached hydrogens (tertiary/aromatic N) is 2. The Kier molecular flexibility index (Phi) is 7.52. The maximum Gasteiger partial charge on any atom is 0.160 e. The van der Waals surface area contributed by atoms with Gasteiger partial charge >= 0.3 is 0 Å². The third kappa shape index (κ3) is 5.19. The van der Waals surface area contributed by atoms with E-state index >= 15 is 0 Å². The molecule has 14 rings (SSSR count). The molecule has 60 heavy (non-hydrogen) atoms. The number of rotatable bonds is 5. The SMILES string of the molecule is c1ccc(-c2cccc(-c3cc(-c4ccc5cc(-c6cccc7c6-c6cc8ccccc8cc6C76C7CC8CC(C7)CC6C8)ccc5c4)nc(-c4ccccc4)n3)c2)cc1. The summed E-state index contributed by atoms with van der Waals surface area (Å²) in [4.78, 5) is 10.3. The van der Waals surface area contributed by atoms with Crippen LogP contribution < -0.4 is 0 Å². The maximum atomic E-state index is 5.20. The Morgan fingerprint density at radius 2 is 0.900 bits per heavy atom. The Morgan fingerprint density at radius 1 is 0.350 bits per heavy atom.